The summed E-state index contributed by atoms with van der Waals surface area (Å²) < 4.78 is 29.4. The minimum atomic E-state index is -4.46. The van der Waals surface area contributed by atoms with Crippen LogP contribution in [0, 0.1) is 0 Å². The molecule has 3 heterocycles. The van der Waals surface area contributed by atoms with Crippen LogP contribution in [0.15, 0.2) is 54.7 Å². The molecule has 12 heteroatoms. The molecule has 0 radical (unpaired) electrons. The van der Waals surface area contributed by atoms with Gasteiger partial charge in [0, 0.05) is 17.0 Å². The highest BCUT2D eigenvalue weighted by atomic mass is 32.2. The van der Waals surface area contributed by atoms with Crippen LogP contribution in [0.5, 0.6) is 0 Å². The van der Waals surface area contributed by atoms with Crippen LogP contribution in [0.25, 0.3) is 0 Å². The minimum absolute atomic E-state index is 0.00776. The quantitative estimate of drug-likeness (QED) is 0.479. The second kappa shape index (κ2) is 9.01. The van der Waals surface area contributed by atoms with Crippen LogP contribution in [-0.4, -0.2) is 58.2 Å². The van der Waals surface area contributed by atoms with E-state index < -0.39 is 34.1 Å². The Labute approximate surface area is 202 Å². The normalized spacial score (nSPS) is 24.0. The summed E-state index contributed by atoms with van der Waals surface area (Å²) in [5.74, 6) is -1.84. The topological polar surface area (TPSA) is 138 Å². The van der Waals surface area contributed by atoms with Crippen molar-refractivity contribution in [1.29, 1.82) is 0 Å². The lowest BCUT2D eigenvalue weighted by molar-refractivity contribution is -0.151. The molecule has 0 saturated carbocycles. The molecule has 2 aliphatic heterocycles. The van der Waals surface area contributed by atoms with Crippen LogP contribution >= 0.6 is 11.8 Å². The average molecular weight is 504 g/mol. The Hall–Kier alpha value is -2.96. The molecule has 1 aromatic heterocycles. The lowest BCUT2D eigenvalue weighted by atomic mass is 9.97. The Kier molecular flexibility index (Phi) is 6.40. The van der Waals surface area contributed by atoms with Gasteiger partial charge in [0.05, 0.1) is 0 Å². The second-order valence-corrected chi connectivity index (χ2v) is 11.8. The van der Waals surface area contributed by atoms with Crippen molar-refractivity contribution in [3.8, 4) is 0 Å². The van der Waals surface area contributed by atoms with Gasteiger partial charge >= 0.3 is 10.2 Å². The number of thioether (sulfide) groups is 1. The maximum atomic E-state index is 13.2. The Balaban J connectivity index is 1.51. The fourth-order valence-corrected chi connectivity index (χ4v) is 6.53. The summed E-state index contributed by atoms with van der Waals surface area (Å²) >= 11 is 1.59. The number of carbonyl (C=O) groups is 3. The van der Waals surface area contributed by atoms with Crippen LogP contribution in [0.4, 0.5) is 0 Å². The van der Waals surface area contributed by atoms with E-state index in [1.165, 1.54) is 12.3 Å². The zero-order valence-electron chi connectivity index (χ0n) is 18.8. The van der Waals surface area contributed by atoms with Gasteiger partial charge in [-0.2, -0.15) is 13.1 Å². The number of hydrogen-bond acceptors (Lipinski definition) is 7. The van der Waals surface area contributed by atoms with Gasteiger partial charge in [0.1, 0.15) is 23.2 Å². The highest BCUT2D eigenvalue weighted by molar-refractivity contribution is 8.01. The second-order valence-electron chi connectivity index (χ2n) is 8.63. The number of pyridine rings is 1. The van der Waals surface area contributed by atoms with Gasteiger partial charge < -0.3 is 10.2 Å². The van der Waals surface area contributed by atoms with Gasteiger partial charge in [-0.05, 0) is 38.5 Å². The molecule has 10 nitrogen and oxygen atoms in total. The van der Waals surface area contributed by atoms with Crippen molar-refractivity contribution in [3.63, 3.8) is 0 Å². The van der Waals surface area contributed by atoms with E-state index in [-0.39, 0.29) is 27.8 Å². The van der Waals surface area contributed by atoms with Gasteiger partial charge in [-0.15, -0.1) is 11.8 Å². The van der Waals surface area contributed by atoms with E-state index in [1.807, 2.05) is 25.5 Å². The number of aromatic nitrogens is 1. The van der Waals surface area contributed by atoms with E-state index >= 15 is 0 Å². The SMILES string of the molecule is C[C@@H]1N2C(=O)[C@@H](NC(=O)C(NS(=O)(=O)NC(=O)c3ccccn3)c3ccccc3)[C@H]2SC1(C)C. The standard InChI is InChI=1S/C22H25N5O5S2/c1-13-22(2,3)33-21-17(20(30)27(13)21)24-19(29)16(14-9-5-4-6-10-14)25-34(31,32)26-18(28)15-11-7-8-12-23-15/h4-13,16-17,21,25H,1-3H3,(H,24,29)(H,26,28)/t13-,16?,17+,21+/m0/s1. The third-order valence-electron chi connectivity index (χ3n) is 6.02. The molecule has 2 aliphatic rings. The molecule has 0 bridgehead atoms. The predicted molar refractivity (Wildman–Crippen MR) is 127 cm³/mol. The number of amides is 3. The molecule has 4 atom stereocenters. The van der Waals surface area contributed by atoms with E-state index in [0.29, 0.717) is 5.56 Å². The molecule has 34 heavy (non-hydrogen) atoms. The Morgan fingerprint density at radius 3 is 2.44 bits per heavy atom. The minimum Gasteiger partial charge on any atom is -0.340 e. The van der Waals surface area contributed by atoms with Crippen molar-refractivity contribution in [2.75, 3.05) is 0 Å². The van der Waals surface area contributed by atoms with E-state index in [4.69, 9.17) is 0 Å². The van der Waals surface area contributed by atoms with Crippen LogP contribution in [0.1, 0.15) is 42.9 Å². The highest BCUT2D eigenvalue weighted by Crippen LogP contribution is 2.50. The molecule has 3 N–H and O–H groups in total. The van der Waals surface area contributed by atoms with Gasteiger partial charge in [-0.25, -0.2) is 4.72 Å². The number of rotatable bonds is 7. The number of nitrogens with one attached hydrogen (secondary N) is 3. The summed E-state index contributed by atoms with van der Waals surface area (Å²) in [7, 11) is -4.46. The highest BCUT2D eigenvalue weighted by Gasteiger charge is 2.60. The number of carbonyl (C=O) groups excluding carboxylic acids is 3. The van der Waals surface area contributed by atoms with E-state index in [9.17, 15) is 22.8 Å². The zero-order chi connectivity index (χ0) is 24.7. The van der Waals surface area contributed by atoms with Crippen molar-refractivity contribution in [1.82, 2.24) is 24.6 Å². The number of nitrogens with zero attached hydrogens (tertiary/aromatic N) is 2. The molecule has 2 fully saturated rings. The molecule has 1 aromatic carbocycles. The average Bonchev–Trinajstić information content (AvgIpc) is 3.02. The van der Waals surface area contributed by atoms with Gasteiger partial charge in [-0.1, -0.05) is 36.4 Å². The van der Waals surface area contributed by atoms with Crippen molar-refractivity contribution in [2.24, 2.45) is 0 Å². The lowest BCUT2D eigenvalue weighted by Crippen LogP contribution is -2.69. The predicted octanol–water partition coefficient (Wildman–Crippen LogP) is 0.954. The fraction of sp³-hybridized carbons (Fsp3) is 0.364. The third-order valence-corrected chi connectivity index (χ3v) is 8.71. The first-order valence-electron chi connectivity index (χ1n) is 10.6. The molecule has 0 spiro atoms. The first-order chi connectivity index (χ1) is 16.0. The summed E-state index contributed by atoms with van der Waals surface area (Å²) in [5.41, 5.74) is 0.260. The summed E-state index contributed by atoms with van der Waals surface area (Å²) in [6, 6.07) is 10.6. The summed E-state index contributed by atoms with van der Waals surface area (Å²) in [5, 5.41) is 2.48. The molecule has 2 saturated heterocycles. The number of benzene rings is 1. The molecule has 4 rings (SSSR count). The molecule has 2 aromatic rings. The summed E-state index contributed by atoms with van der Waals surface area (Å²) in [6.07, 6.45) is 1.36. The smallest absolute Gasteiger partial charge is 0.302 e. The zero-order valence-corrected chi connectivity index (χ0v) is 20.4. The Morgan fingerprint density at radius 1 is 1.12 bits per heavy atom. The number of fused-ring (bicyclic) bond motifs is 1. The molecular weight excluding hydrogens is 478 g/mol. The van der Waals surface area contributed by atoms with E-state index in [0.717, 1.165) is 0 Å². The molecule has 3 amide bonds. The van der Waals surface area contributed by atoms with E-state index in [2.05, 4.69) is 15.0 Å². The molecular formula is C22H25N5O5S2. The molecule has 0 aliphatic carbocycles. The Morgan fingerprint density at radius 2 is 1.79 bits per heavy atom. The largest absolute Gasteiger partial charge is 0.340 e. The first kappa shape index (κ1) is 24.2. The Bertz CT molecular complexity index is 1210. The molecule has 180 valence electrons. The van der Waals surface area contributed by atoms with Crippen LogP contribution in [-0.2, 0) is 19.8 Å². The van der Waals surface area contributed by atoms with Crippen LogP contribution < -0.4 is 14.8 Å². The van der Waals surface area contributed by atoms with Crippen molar-refractivity contribution in [3.05, 3.63) is 66.0 Å². The van der Waals surface area contributed by atoms with Crippen molar-refractivity contribution >= 4 is 39.7 Å². The van der Waals surface area contributed by atoms with Gasteiger partial charge in [0.2, 0.25) is 11.8 Å². The van der Waals surface area contributed by atoms with Gasteiger partial charge in [-0.3, -0.25) is 19.4 Å². The lowest BCUT2D eigenvalue weighted by Gasteiger charge is -2.44. The fourth-order valence-electron chi connectivity index (χ4n) is 3.91. The van der Waals surface area contributed by atoms with Crippen LogP contribution in [0.3, 0.4) is 0 Å². The number of β-lactam (4-membered cyclic amide) rings is 1. The maximum absolute atomic E-state index is 13.2. The monoisotopic (exact) mass is 503 g/mol. The first-order valence-corrected chi connectivity index (χ1v) is 13.0. The van der Waals surface area contributed by atoms with Gasteiger partial charge in [0.15, 0.2) is 0 Å². The van der Waals surface area contributed by atoms with E-state index in [1.54, 1.807) is 59.1 Å². The van der Waals surface area contributed by atoms with Crippen molar-refractivity contribution < 1.29 is 22.8 Å². The van der Waals surface area contributed by atoms with Crippen molar-refractivity contribution in [2.45, 2.75) is 49.0 Å². The maximum Gasteiger partial charge on any atom is 0.302 e. The summed E-state index contributed by atoms with van der Waals surface area (Å²) in [6.45, 7) is 6.05. The molecule has 1 unspecified atom stereocenters. The summed E-state index contributed by atoms with van der Waals surface area (Å²) in [4.78, 5) is 43.8. The third kappa shape index (κ3) is 4.65. The van der Waals surface area contributed by atoms with Crippen LogP contribution in [0.2, 0.25) is 0 Å². The van der Waals surface area contributed by atoms with Gasteiger partial charge in [0.25, 0.3) is 5.91 Å². The number of hydrogen-bond donors (Lipinski definition) is 3.